The van der Waals surface area contributed by atoms with Crippen LogP contribution in [0.2, 0.25) is 0 Å². The summed E-state index contributed by atoms with van der Waals surface area (Å²) in [6.07, 6.45) is 0.565. The van der Waals surface area contributed by atoms with E-state index in [4.69, 9.17) is 14.2 Å². The van der Waals surface area contributed by atoms with Gasteiger partial charge in [-0.3, -0.25) is 0 Å². The summed E-state index contributed by atoms with van der Waals surface area (Å²) < 4.78 is 16.3. The molecule has 2 aliphatic rings. The number of hydrogen-bond acceptors (Lipinski definition) is 5. The van der Waals surface area contributed by atoms with E-state index >= 15 is 0 Å². The van der Waals surface area contributed by atoms with Gasteiger partial charge in [0.05, 0.1) is 0 Å². The molecule has 2 atom stereocenters. The molecule has 2 N–H and O–H groups in total. The molecule has 1 aromatic carbocycles. The molecule has 6 nitrogen and oxygen atoms in total. The maximum Gasteiger partial charge on any atom is 0.407 e. The number of rotatable bonds is 4. The van der Waals surface area contributed by atoms with Crippen LogP contribution in [0.25, 0.3) is 0 Å². The molecule has 0 spiro atoms. The highest BCUT2D eigenvalue weighted by Crippen LogP contribution is 2.31. The maximum absolute atomic E-state index is 11.7. The molecule has 1 amide bonds. The molecule has 0 radical (unpaired) electrons. The smallest absolute Gasteiger partial charge is 0.407 e. The first kappa shape index (κ1) is 15.9. The minimum absolute atomic E-state index is 0.141. The number of amides is 1. The summed E-state index contributed by atoms with van der Waals surface area (Å²) in [4.78, 5) is 11.7. The lowest BCUT2D eigenvalue weighted by molar-refractivity contribution is 0.0522. The Morgan fingerprint density at radius 1 is 1.22 bits per heavy atom. The zero-order valence-corrected chi connectivity index (χ0v) is 13.8. The lowest BCUT2D eigenvalue weighted by Crippen LogP contribution is -2.36. The fourth-order valence-corrected chi connectivity index (χ4v) is 2.49. The average molecular weight is 320 g/mol. The SMILES string of the molecule is CC(C)(C)OC(=O)NC1CC1NCc1ccc2c(c1)OCCO2. The molecule has 1 aliphatic heterocycles. The molecule has 6 heteroatoms. The molecule has 0 aromatic heterocycles. The van der Waals surface area contributed by atoms with Crippen LogP contribution in [-0.4, -0.2) is 37.0 Å². The monoisotopic (exact) mass is 320 g/mol. The largest absolute Gasteiger partial charge is 0.486 e. The molecule has 0 bridgehead atoms. The topological polar surface area (TPSA) is 68.8 Å². The van der Waals surface area contributed by atoms with Crippen molar-refractivity contribution < 1.29 is 19.0 Å². The molecular weight excluding hydrogens is 296 g/mol. The summed E-state index contributed by atoms with van der Waals surface area (Å²) in [5, 5.41) is 6.31. The van der Waals surface area contributed by atoms with Crippen LogP contribution >= 0.6 is 0 Å². The molecule has 1 saturated carbocycles. The summed E-state index contributed by atoms with van der Waals surface area (Å²) in [5.74, 6) is 1.60. The van der Waals surface area contributed by atoms with Crippen LogP contribution < -0.4 is 20.1 Å². The van der Waals surface area contributed by atoms with Crippen molar-refractivity contribution in [2.24, 2.45) is 0 Å². The van der Waals surface area contributed by atoms with Gasteiger partial charge in [-0.25, -0.2) is 4.79 Å². The van der Waals surface area contributed by atoms with E-state index in [2.05, 4.69) is 10.6 Å². The van der Waals surface area contributed by atoms with E-state index in [0.29, 0.717) is 13.2 Å². The Hall–Kier alpha value is -1.95. The molecule has 126 valence electrons. The molecule has 2 unspecified atom stereocenters. The Kier molecular flexibility index (Phi) is 4.35. The van der Waals surface area contributed by atoms with Gasteiger partial charge in [0, 0.05) is 18.6 Å². The van der Waals surface area contributed by atoms with Crippen LogP contribution in [0.4, 0.5) is 4.79 Å². The summed E-state index contributed by atoms with van der Waals surface area (Å²) in [5.41, 5.74) is 0.671. The van der Waals surface area contributed by atoms with E-state index in [1.54, 1.807) is 0 Å². The van der Waals surface area contributed by atoms with E-state index in [-0.39, 0.29) is 18.2 Å². The third kappa shape index (κ3) is 4.51. The van der Waals surface area contributed by atoms with Crippen molar-refractivity contribution in [3.63, 3.8) is 0 Å². The highest BCUT2D eigenvalue weighted by molar-refractivity contribution is 5.68. The van der Waals surface area contributed by atoms with Crippen LogP contribution in [0.3, 0.4) is 0 Å². The molecule has 3 rings (SSSR count). The number of fused-ring (bicyclic) bond motifs is 1. The maximum atomic E-state index is 11.7. The first-order chi connectivity index (χ1) is 10.9. The van der Waals surface area contributed by atoms with E-state index in [1.165, 1.54) is 0 Å². The number of hydrogen-bond donors (Lipinski definition) is 2. The van der Waals surface area contributed by atoms with E-state index in [1.807, 2.05) is 39.0 Å². The number of carbonyl (C=O) groups is 1. The first-order valence-corrected chi connectivity index (χ1v) is 8.02. The Labute approximate surface area is 136 Å². The lowest BCUT2D eigenvalue weighted by Gasteiger charge is -2.20. The second kappa shape index (κ2) is 6.28. The highest BCUT2D eigenvalue weighted by Gasteiger charge is 2.38. The fraction of sp³-hybridized carbons (Fsp3) is 0.588. The minimum atomic E-state index is -0.465. The van der Waals surface area contributed by atoms with Crippen LogP contribution in [0, 0.1) is 0 Å². The summed E-state index contributed by atoms with van der Waals surface area (Å²) >= 11 is 0. The van der Waals surface area contributed by atoms with Gasteiger partial charge in [0.25, 0.3) is 0 Å². The predicted octanol–water partition coefficient (Wildman–Crippen LogP) is 2.21. The van der Waals surface area contributed by atoms with Gasteiger partial charge in [-0.2, -0.15) is 0 Å². The van der Waals surface area contributed by atoms with E-state index in [0.717, 1.165) is 30.0 Å². The quantitative estimate of drug-likeness (QED) is 0.890. The van der Waals surface area contributed by atoms with Gasteiger partial charge < -0.3 is 24.8 Å². The van der Waals surface area contributed by atoms with Crippen LogP contribution in [-0.2, 0) is 11.3 Å². The van der Waals surface area contributed by atoms with Gasteiger partial charge in [-0.1, -0.05) is 6.07 Å². The van der Waals surface area contributed by atoms with Gasteiger partial charge in [0.2, 0.25) is 0 Å². The van der Waals surface area contributed by atoms with Gasteiger partial charge in [0.15, 0.2) is 11.5 Å². The molecule has 1 heterocycles. The van der Waals surface area contributed by atoms with Gasteiger partial charge >= 0.3 is 6.09 Å². The predicted molar refractivity (Wildman–Crippen MR) is 85.8 cm³/mol. The molecule has 1 aromatic rings. The number of nitrogens with one attached hydrogen (secondary N) is 2. The Bertz CT molecular complexity index is 582. The number of benzene rings is 1. The summed E-state index contributed by atoms with van der Waals surface area (Å²) in [6, 6.07) is 6.39. The van der Waals surface area contributed by atoms with Gasteiger partial charge in [-0.15, -0.1) is 0 Å². The van der Waals surface area contributed by atoms with Gasteiger partial charge in [-0.05, 0) is 44.9 Å². The first-order valence-electron chi connectivity index (χ1n) is 8.02. The zero-order chi connectivity index (χ0) is 16.4. The van der Waals surface area contributed by atoms with Crippen LogP contribution in [0.15, 0.2) is 18.2 Å². The number of ether oxygens (including phenoxy) is 3. The zero-order valence-electron chi connectivity index (χ0n) is 13.8. The van der Waals surface area contributed by atoms with Crippen LogP contribution in [0.1, 0.15) is 32.8 Å². The third-order valence-electron chi connectivity index (χ3n) is 3.67. The fourth-order valence-electron chi connectivity index (χ4n) is 2.49. The van der Waals surface area contributed by atoms with Crippen molar-refractivity contribution >= 4 is 6.09 Å². The second-order valence-corrected chi connectivity index (χ2v) is 6.95. The van der Waals surface area contributed by atoms with Crippen molar-refractivity contribution in [2.75, 3.05) is 13.2 Å². The summed E-state index contributed by atoms with van der Waals surface area (Å²) in [7, 11) is 0. The standard InChI is InChI=1S/C17H24N2O4/c1-17(2,3)23-16(20)19-13-9-12(13)18-10-11-4-5-14-15(8-11)22-7-6-21-14/h4-5,8,12-13,18H,6-7,9-10H2,1-3H3,(H,19,20). The van der Waals surface area contributed by atoms with Crippen LogP contribution in [0.5, 0.6) is 11.5 Å². The van der Waals surface area contributed by atoms with E-state index in [9.17, 15) is 4.79 Å². The summed E-state index contributed by atoms with van der Waals surface area (Å²) in [6.45, 7) is 7.50. The molecule has 1 fully saturated rings. The molecule has 0 saturated heterocycles. The molecule has 23 heavy (non-hydrogen) atoms. The number of alkyl carbamates (subject to hydrolysis) is 1. The Morgan fingerprint density at radius 2 is 1.96 bits per heavy atom. The number of carbonyl (C=O) groups excluding carboxylic acids is 1. The average Bonchev–Trinajstić information content (AvgIpc) is 3.20. The minimum Gasteiger partial charge on any atom is -0.486 e. The molecular formula is C17H24N2O4. The van der Waals surface area contributed by atoms with E-state index < -0.39 is 5.60 Å². The van der Waals surface area contributed by atoms with Crippen molar-refractivity contribution in [3.05, 3.63) is 23.8 Å². The lowest BCUT2D eigenvalue weighted by atomic mass is 10.2. The van der Waals surface area contributed by atoms with Crippen molar-refractivity contribution in [3.8, 4) is 11.5 Å². The normalized spacial score (nSPS) is 22.4. The van der Waals surface area contributed by atoms with Crippen molar-refractivity contribution in [1.29, 1.82) is 0 Å². The Morgan fingerprint density at radius 3 is 2.70 bits per heavy atom. The van der Waals surface area contributed by atoms with Crippen molar-refractivity contribution in [2.45, 2.75) is 51.4 Å². The third-order valence-corrected chi connectivity index (χ3v) is 3.67. The highest BCUT2D eigenvalue weighted by atomic mass is 16.6. The van der Waals surface area contributed by atoms with Crippen molar-refractivity contribution in [1.82, 2.24) is 10.6 Å². The van der Waals surface area contributed by atoms with Gasteiger partial charge in [0.1, 0.15) is 18.8 Å². The Balaban J connectivity index is 1.43. The molecule has 1 aliphatic carbocycles. The second-order valence-electron chi connectivity index (χ2n) is 6.95.